The molecule has 0 bridgehead atoms. The number of alkyl halides is 3. The van der Waals surface area contributed by atoms with E-state index in [1.165, 1.54) is 40.0 Å². The number of carbonyl (C=O) groups is 1. The van der Waals surface area contributed by atoms with Crippen molar-refractivity contribution < 1.29 is 22.4 Å². The molecule has 134 valence electrons. The van der Waals surface area contributed by atoms with Crippen LogP contribution in [0.5, 0.6) is 0 Å². The lowest BCUT2D eigenvalue weighted by Gasteiger charge is -2.33. The van der Waals surface area contributed by atoms with Crippen LogP contribution in [-0.2, 0) is 0 Å². The maximum atomic E-state index is 13.0. The molecule has 1 saturated heterocycles. The minimum atomic E-state index is -4.30. The van der Waals surface area contributed by atoms with Crippen LogP contribution in [0.25, 0.3) is 5.69 Å². The first-order valence-electron chi connectivity index (χ1n) is 7.94. The van der Waals surface area contributed by atoms with Crippen LogP contribution < -0.4 is 0 Å². The van der Waals surface area contributed by atoms with E-state index in [1.54, 1.807) is 6.92 Å². The molecule has 25 heavy (non-hydrogen) atoms. The van der Waals surface area contributed by atoms with Gasteiger partial charge in [0.05, 0.1) is 29.1 Å². The van der Waals surface area contributed by atoms with Gasteiger partial charge in [-0.1, -0.05) is 0 Å². The summed E-state index contributed by atoms with van der Waals surface area (Å²) in [6, 6.07) is 5.58. The molecule has 1 amide bonds. The molecule has 1 aromatic heterocycles. The molecule has 0 spiro atoms. The Morgan fingerprint density at radius 2 is 1.92 bits per heavy atom. The standard InChI is InChI=1S/C17H17F4N3O/c1-11-15(9-22-24(11)14-6-4-13(18)5-7-14)16(25)23-8-2-3-12(10-23)17(19,20)21/h4-7,9,12H,2-3,8,10H2,1H3. The van der Waals surface area contributed by atoms with Gasteiger partial charge in [0.2, 0.25) is 0 Å². The number of rotatable bonds is 2. The van der Waals surface area contributed by atoms with Gasteiger partial charge in [-0.15, -0.1) is 0 Å². The molecule has 1 aliphatic rings. The van der Waals surface area contributed by atoms with Crippen LogP contribution in [0.4, 0.5) is 17.6 Å². The maximum absolute atomic E-state index is 13.0. The average Bonchev–Trinajstić information content (AvgIpc) is 2.96. The van der Waals surface area contributed by atoms with Crippen LogP contribution in [0.15, 0.2) is 30.5 Å². The molecule has 0 N–H and O–H groups in total. The summed E-state index contributed by atoms with van der Waals surface area (Å²) < 4.78 is 53.3. The quantitative estimate of drug-likeness (QED) is 0.770. The van der Waals surface area contributed by atoms with Gasteiger partial charge in [-0.3, -0.25) is 4.79 Å². The molecular formula is C17H17F4N3O. The van der Waals surface area contributed by atoms with E-state index in [-0.39, 0.29) is 18.5 Å². The summed E-state index contributed by atoms with van der Waals surface area (Å²) in [5.41, 5.74) is 1.34. The largest absolute Gasteiger partial charge is 0.393 e. The van der Waals surface area contributed by atoms with Gasteiger partial charge >= 0.3 is 6.18 Å². The Balaban J connectivity index is 1.82. The lowest BCUT2D eigenvalue weighted by Crippen LogP contribution is -2.44. The third-order valence-electron chi connectivity index (χ3n) is 4.48. The van der Waals surface area contributed by atoms with E-state index < -0.39 is 23.8 Å². The third kappa shape index (κ3) is 3.52. The lowest BCUT2D eigenvalue weighted by atomic mass is 9.97. The second-order valence-electron chi connectivity index (χ2n) is 6.16. The van der Waals surface area contributed by atoms with Crippen LogP contribution >= 0.6 is 0 Å². The fourth-order valence-corrected chi connectivity index (χ4v) is 3.06. The molecule has 1 atom stereocenters. The van der Waals surface area contributed by atoms with Crippen molar-refractivity contribution in [2.45, 2.75) is 25.9 Å². The molecule has 0 saturated carbocycles. The number of nitrogens with zero attached hydrogens (tertiary/aromatic N) is 3. The van der Waals surface area contributed by atoms with Crippen LogP contribution in [0.2, 0.25) is 0 Å². The number of carbonyl (C=O) groups excluding carboxylic acids is 1. The number of aromatic nitrogens is 2. The second-order valence-corrected chi connectivity index (χ2v) is 6.16. The number of amides is 1. The summed E-state index contributed by atoms with van der Waals surface area (Å²) >= 11 is 0. The van der Waals surface area contributed by atoms with E-state index >= 15 is 0 Å². The van der Waals surface area contributed by atoms with E-state index in [0.717, 1.165) is 0 Å². The Morgan fingerprint density at radius 1 is 1.24 bits per heavy atom. The van der Waals surface area contributed by atoms with Crippen LogP contribution in [-0.4, -0.2) is 39.9 Å². The van der Waals surface area contributed by atoms with E-state index in [2.05, 4.69) is 5.10 Å². The molecule has 4 nitrogen and oxygen atoms in total. The molecule has 2 heterocycles. The molecule has 1 fully saturated rings. The number of benzene rings is 1. The summed E-state index contributed by atoms with van der Waals surface area (Å²) in [5, 5.41) is 4.12. The van der Waals surface area contributed by atoms with E-state index in [1.807, 2.05) is 0 Å². The van der Waals surface area contributed by atoms with E-state index in [4.69, 9.17) is 0 Å². The second kappa shape index (κ2) is 6.50. The molecule has 1 unspecified atom stereocenters. The SMILES string of the molecule is Cc1c(C(=O)N2CCCC(C(F)(F)F)C2)cnn1-c1ccc(F)cc1. The minimum absolute atomic E-state index is 0.0428. The fourth-order valence-electron chi connectivity index (χ4n) is 3.06. The summed E-state index contributed by atoms with van der Waals surface area (Å²) in [7, 11) is 0. The lowest BCUT2D eigenvalue weighted by molar-refractivity contribution is -0.184. The van der Waals surface area contributed by atoms with Gasteiger partial charge in [0.15, 0.2) is 0 Å². The Hall–Kier alpha value is -2.38. The highest BCUT2D eigenvalue weighted by atomic mass is 19.4. The molecule has 2 aromatic rings. The monoisotopic (exact) mass is 355 g/mol. The van der Waals surface area contributed by atoms with E-state index in [0.29, 0.717) is 24.3 Å². The molecule has 1 aromatic carbocycles. The predicted octanol–water partition coefficient (Wildman–Crippen LogP) is 3.73. The van der Waals surface area contributed by atoms with Crippen molar-refractivity contribution in [3.63, 3.8) is 0 Å². The zero-order chi connectivity index (χ0) is 18.2. The van der Waals surface area contributed by atoms with Crippen LogP contribution in [0.1, 0.15) is 28.9 Å². The minimum Gasteiger partial charge on any atom is -0.338 e. The molecule has 8 heteroatoms. The fraction of sp³-hybridized carbons (Fsp3) is 0.412. The molecule has 0 radical (unpaired) electrons. The van der Waals surface area contributed by atoms with Gasteiger partial charge in [-0.2, -0.15) is 18.3 Å². The normalized spacial score (nSPS) is 18.4. The van der Waals surface area contributed by atoms with Gasteiger partial charge in [-0.05, 0) is 44.0 Å². The maximum Gasteiger partial charge on any atom is 0.393 e. The van der Waals surface area contributed by atoms with Crippen molar-refractivity contribution in [1.29, 1.82) is 0 Å². The number of likely N-dealkylation sites (tertiary alicyclic amines) is 1. The number of hydrogen-bond donors (Lipinski definition) is 0. The summed E-state index contributed by atoms with van der Waals surface area (Å²) in [6.07, 6.45) is -2.59. The predicted molar refractivity (Wildman–Crippen MR) is 82.9 cm³/mol. The van der Waals surface area contributed by atoms with Crippen molar-refractivity contribution >= 4 is 5.91 Å². The molecule has 1 aliphatic heterocycles. The van der Waals surface area contributed by atoms with Crippen molar-refractivity contribution in [3.05, 3.63) is 47.5 Å². The molecule has 0 aliphatic carbocycles. The average molecular weight is 355 g/mol. The topological polar surface area (TPSA) is 38.1 Å². The highest BCUT2D eigenvalue weighted by molar-refractivity contribution is 5.95. The first kappa shape index (κ1) is 17.4. The molecule has 3 rings (SSSR count). The number of halogens is 4. The number of hydrogen-bond acceptors (Lipinski definition) is 2. The van der Waals surface area contributed by atoms with Crippen molar-refractivity contribution in [1.82, 2.24) is 14.7 Å². The van der Waals surface area contributed by atoms with Crippen LogP contribution in [0.3, 0.4) is 0 Å². The first-order chi connectivity index (χ1) is 11.8. The van der Waals surface area contributed by atoms with Gasteiger partial charge in [-0.25, -0.2) is 9.07 Å². The van der Waals surface area contributed by atoms with E-state index in [9.17, 15) is 22.4 Å². The number of piperidine rings is 1. The zero-order valence-corrected chi connectivity index (χ0v) is 13.6. The Kier molecular flexibility index (Phi) is 4.53. The Labute approximate surface area is 142 Å². The smallest absolute Gasteiger partial charge is 0.338 e. The zero-order valence-electron chi connectivity index (χ0n) is 13.6. The third-order valence-corrected chi connectivity index (χ3v) is 4.48. The van der Waals surface area contributed by atoms with Gasteiger partial charge in [0, 0.05) is 13.1 Å². The van der Waals surface area contributed by atoms with Crippen LogP contribution in [0, 0.1) is 18.7 Å². The van der Waals surface area contributed by atoms with Crippen molar-refractivity contribution in [2.24, 2.45) is 5.92 Å². The van der Waals surface area contributed by atoms with Crippen molar-refractivity contribution in [3.8, 4) is 5.69 Å². The van der Waals surface area contributed by atoms with Crippen molar-refractivity contribution in [2.75, 3.05) is 13.1 Å². The van der Waals surface area contributed by atoms with Gasteiger partial charge in [0.1, 0.15) is 5.82 Å². The summed E-state index contributed by atoms with van der Waals surface area (Å²) in [5.74, 6) is -2.34. The molecular weight excluding hydrogens is 338 g/mol. The summed E-state index contributed by atoms with van der Waals surface area (Å²) in [4.78, 5) is 13.9. The summed E-state index contributed by atoms with van der Waals surface area (Å²) in [6.45, 7) is 1.63. The Bertz CT molecular complexity index is 767. The Morgan fingerprint density at radius 3 is 2.56 bits per heavy atom. The first-order valence-corrected chi connectivity index (χ1v) is 7.94. The highest BCUT2D eigenvalue weighted by Crippen LogP contribution is 2.33. The van der Waals surface area contributed by atoms with Gasteiger partial charge in [0.25, 0.3) is 5.91 Å². The highest BCUT2D eigenvalue weighted by Gasteiger charge is 2.43. The van der Waals surface area contributed by atoms with Gasteiger partial charge < -0.3 is 4.90 Å².